The largest absolute Gasteiger partial charge is 0.497 e. The monoisotopic (exact) mass is 381 g/mol. The van der Waals surface area contributed by atoms with Crippen LogP contribution in [-0.2, 0) is 9.59 Å². The molecule has 3 saturated heterocycles. The number of imide groups is 1. The maximum atomic E-state index is 13.4. The number of hydrazine groups is 1. The normalized spacial score (nSPS) is 27.4. The molecule has 5 rings (SSSR count). The van der Waals surface area contributed by atoms with E-state index in [9.17, 15) is 14.0 Å². The first kappa shape index (κ1) is 17.3. The quantitative estimate of drug-likeness (QED) is 0.764. The highest BCUT2D eigenvalue weighted by atomic mass is 19.1. The van der Waals surface area contributed by atoms with E-state index in [0.717, 1.165) is 30.8 Å². The van der Waals surface area contributed by atoms with Gasteiger partial charge in [-0.15, -0.1) is 0 Å². The molecule has 28 heavy (non-hydrogen) atoms. The Morgan fingerprint density at radius 2 is 1.54 bits per heavy atom. The molecule has 144 valence electrons. The summed E-state index contributed by atoms with van der Waals surface area (Å²) in [5.74, 6) is -0.587. The lowest BCUT2D eigenvalue weighted by Crippen LogP contribution is -2.44. The van der Waals surface area contributed by atoms with Gasteiger partial charge in [-0.05, 0) is 48.4 Å². The summed E-state index contributed by atoms with van der Waals surface area (Å²) < 4.78 is 18.6. The SMILES string of the molecule is COc1ccc([C@@H]2[C@@H]3C(=O)N(c4ccc(F)cc4)C(=O)[C@H]3N3CCCN23)cc1. The molecular formula is C21H20FN3O3. The van der Waals surface area contributed by atoms with Gasteiger partial charge >= 0.3 is 0 Å². The number of halogens is 1. The highest BCUT2D eigenvalue weighted by Crippen LogP contribution is 2.49. The Kier molecular flexibility index (Phi) is 3.96. The van der Waals surface area contributed by atoms with Gasteiger partial charge in [-0.25, -0.2) is 19.3 Å². The molecule has 0 bridgehead atoms. The number of amides is 2. The predicted octanol–water partition coefficient (Wildman–Crippen LogP) is 2.37. The number of methoxy groups -OCH3 is 1. The van der Waals surface area contributed by atoms with Crippen molar-refractivity contribution in [2.75, 3.05) is 25.1 Å². The van der Waals surface area contributed by atoms with E-state index in [1.807, 2.05) is 29.3 Å². The molecule has 0 aromatic heterocycles. The molecule has 0 aliphatic carbocycles. The van der Waals surface area contributed by atoms with Crippen LogP contribution < -0.4 is 9.64 Å². The Labute approximate surface area is 162 Å². The maximum Gasteiger partial charge on any atom is 0.253 e. The molecule has 0 N–H and O–H groups in total. The molecule has 0 radical (unpaired) electrons. The van der Waals surface area contributed by atoms with E-state index in [-0.39, 0.29) is 17.9 Å². The number of hydrogen-bond donors (Lipinski definition) is 0. The van der Waals surface area contributed by atoms with E-state index >= 15 is 0 Å². The van der Waals surface area contributed by atoms with Crippen molar-refractivity contribution < 1.29 is 18.7 Å². The van der Waals surface area contributed by atoms with Gasteiger partial charge in [0.2, 0.25) is 5.91 Å². The van der Waals surface area contributed by atoms with Crippen molar-refractivity contribution in [2.45, 2.75) is 18.5 Å². The van der Waals surface area contributed by atoms with Gasteiger partial charge < -0.3 is 4.74 Å². The van der Waals surface area contributed by atoms with Gasteiger partial charge in [-0.1, -0.05) is 12.1 Å². The van der Waals surface area contributed by atoms with Crippen molar-refractivity contribution >= 4 is 17.5 Å². The van der Waals surface area contributed by atoms with Crippen molar-refractivity contribution in [3.05, 3.63) is 59.9 Å². The summed E-state index contributed by atoms with van der Waals surface area (Å²) in [6, 6.07) is 12.5. The Balaban J connectivity index is 1.55. The molecule has 3 heterocycles. The van der Waals surface area contributed by atoms with Gasteiger partial charge in [-0.3, -0.25) is 9.59 Å². The standard InChI is InChI=1S/C21H20FN3O3/c1-28-16-9-3-13(4-10-16)18-17-19(24-12-2-11-23(18)24)21(27)25(20(17)26)15-7-5-14(22)6-8-15/h3-10,17-19H,2,11-12H2,1H3/t17-,18+,19-/m0/s1. The fourth-order valence-electron chi connectivity index (χ4n) is 4.76. The Morgan fingerprint density at radius 1 is 0.893 bits per heavy atom. The predicted molar refractivity (Wildman–Crippen MR) is 99.9 cm³/mol. The first-order valence-electron chi connectivity index (χ1n) is 9.40. The molecule has 3 atom stereocenters. The summed E-state index contributed by atoms with van der Waals surface area (Å²) in [6.07, 6.45) is 0.952. The topological polar surface area (TPSA) is 53.1 Å². The summed E-state index contributed by atoms with van der Waals surface area (Å²) >= 11 is 0. The number of ether oxygens (including phenoxy) is 1. The second kappa shape index (κ2) is 6.39. The van der Waals surface area contributed by atoms with Crippen molar-refractivity contribution in [2.24, 2.45) is 5.92 Å². The van der Waals surface area contributed by atoms with Crippen LogP contribution in [0, 0.1) is 11.7 Å². The van der Waals surface area contributed by atoms with E-state index < -0.39 is 17.8 Å². The lowest BCUT2D eigenvalue weighted by Gasteiger charge is -2.29. The fourth-order valence-corrected chi connectivity index (χ4v) is 4.76. The Hall–Kier alpha value is -2.77. The minimum absolute atomic E-state index is 0.194. The molecule has 0 spiro atoms. The molecule has 6 nitrogen and oxygen atoms in total. The maximum absolute atomic E-state index is 13.4. The average molecular weight is 381 g/mol. The number of hydrogen-bond acceptors (Lipinski definition) is 5. The van der Waals surface area contributed by atoms with Crippen LogP contribution in [0.1, 0.15) is 18.0 Å². The summed E-state index contributed by atoms with van der Waals surface area (Å²) in [5.41, 5.74) is 1.41. The average Bonchev–Trinajstić information content (AvgIpc) is 3.35. The third-order valence-corrected chi connectivity index (χ3v) is 5.95. The van der Waals surface area contributed by atoms with Crippen molar-refractivity contribution in [1.82, 2.24) is 10.0 Å². The lowest BCUT2D eigenvalue weighted by molar-refractivity contribution is -0.126. The number of anilines is 1. The summed E-state index contributed by atoms with van der Waals surface area (Å²) in [6.45, 7) is 1.57. The minimum Gasteiger partial charge on any atom is -0.497 e. The van der Waals surface area contributed by atoms with Crippen molar-refractivity contribution in [3.63, 3.8) is 0 Å². The minimum atomic E-state index is -0.507. The molecule has 3 fully saturated rings. The first-order chi connectivity index (χ1) is 13.6. The Morgan fingerprint density at radius 3 is 2.18 bits per heavy atom. The molecule has 3 aliphatic rings. The smallest absolute Gasteiger partial charge is 0.253 e. The van der Waals surface area contributed by atoms with Crippen molar-refractivity contribution in [3.8, 4) is 5.75 Å². The summed E-state index contributed by atoms with van der Waals surface area (Å²) in [4.78, 5) is 27.8. The van der Waals surface area contributed by atoms with E-state index in [1.54, 1.807) is 7.11 Å². The van der Waals surface area contributed by atoms with Crippen LogP contribution in [0.2, 0.25) is 0 Å². The third-order valence-electron chi connectivity index (χ3n) is 5.95. The molecule has 7 heteroatoms. The second-order valence-electron chi connectivity index (χ2n) is 7.36. The number of carbonyl (C=O) groups is 2. The van der Waals surface area contributed by atoms with Crippen LogP contribution in [0.5, 0.6) is 5.75 Å². The van der Waals surface area contributed by atoms with Crippen LogP contribution in [-0.4, -0.2) is 48.1 Å². The first-order valence-corrected chi connectivity index (χ1v) is 9.40. The van der Waals surface area contributed by atoms with E-state index in [1.165, 1.54) is 29.2 Å². The zero-order valence-electron chi connectivity index (χ0n) is 15.4. The molecule has 2 aromatic rings. The zero-order valence-corrected chi connectivity index (χ0v) is 15.4. The molecule has 3 aliphatic heterocycles. The van der Waals surface area contributed by atoms with Gasteiger partial charge in [-0.2, -0.15) is 0 Å². The van der Waals surface area contributed by atoms with Crippen molar-refractivity contribution in [1.29, 1.82) is 0 Å². The number of fused-ring (bicyclic) bond motifs is 3. The fraction of sp³-hybridized carbons (Fsp3) is 0.333. The Bertz CT molecular complexity index is 931. The number of carbonyl (C=O) groups excluding carboxylic acids is 2. The summed E-state index contributed by atoms with van der Waals surface area (Å²) in [7, 11) is 1.61. The number of benzene rings is 2. The lowest BCUT2D eigenvalue weighted by atomic mass is 9.90. The highest BCUT2D eigenvalue weighted by Gasteiger charge is 2.62. The van der Waals surface area contributed by atoms with E-state index in [0.29, 0.717) is 5.69 Å². The number of rotatable bonds is 3. The van der Waals surface area contributed by atoms with Crippen LogP contribution in [0.15, 0.2) is 48.5 Å². The molecular weight excluding hydrogens is 361 g/mol. The van der Waals surface area contributed by atoms with Crippen LogP contribution in [0.3, 0.4) is 0 Å². The second-order valence-corrected chi connectivity index (χ2v) is 7.36. The van der Waals surface area contributed by atoms with Crippen LogP contribution >= 0.6 is 0 Å². The molecule has 2 aromatic carbocycles. The molecule has 2 amide bonds. The third kappa shape index (κ3) is 2.40. The van der Waals surface area contributed by atoms with Gasteiger partial charge in [0.25, 0.3) is 5.91 Å². The highest BCUT2D eigenvalue weighted by molar-refractivity contribution is 6.24. The molecule has 0 unspecified atom stereocenters. The summed E-state index contributed by atoms with van der Waals surface area (Å²) in [5, 5.41) is 4.21. The zero-order chi connectivity index (χ0) is 19.4. The van der Waals surface area contributed by atoms with Gasteiger partial charge in [0.05, 0.1) is 24.8 Å². The van der Waals surface area contributed by atoms with Gasteiger partial charge in [0, 0.05) is 13.1 Å². The van der Waals surface area contributed by atoms with Crippen LogP contribution in [0.25, 0.3) is 0 Å². The number of nitrogens with zero attached hydrogens (tertiary/aromatic N) is 3. The van der Waals surface area contributed by atoms with Crippen LogP contribution in [0.4, 0.5) is 10.1 Å². The van der Waals surface area contributed by atoms with Gasteiger partial charge in [0.15, 0.2) is 0 Å². The molecule has 0 saturated carbocycles. The van der Waals surface area contributed by atoms with E-state index in [2.05, 4.69) is 5.01 Å². The van der Waals surface area contributed by atoms with Gasteiger partial charge in [0.1, 0.15) is 17.6 Å². The van der Waals surface area contributed by atoms with E-state index in [4.69, 9.17) is 4.74 Å².